The summed E-state index contributed by atoms with van der Waals surface area (Å²) >= 11 is 12.4. The van der Waals surface area contributed by atoms with Crippen LogP contribution >= 0.6 is 23.2 Å². The minimum Gasteiger partial charge on any atom is -0.465 e. The van der Waals surface area contributed by atoms with E-state index in [0.29, 0.717) is 15.6 Å². The molecule has 0 saturated carbocycles. The molecule has 0 saturated heterocycles. The average Bonchev–Trinajstić information content (AvgIpc) is 2.55. The van der Waals surface area contributed by atoms with Gasteiger partial charge in [-0.15, -0.1) is 0 Å². The summed E-state index contributed by atoms with van der Waals surface area (Å²) in [7, 11) is 1.35. The lowest BCUT2D eigenvalue weighted by atomic mass is 10.00. The average molecular weight is 332 g/mol. The standard InChI is InChI=1S/C17H11Cl2NO2/c1-22-17(21)10-2-5-16-14(8-10)12(6-7-20-16)13-9-11(18)3-4-15(13)19/h2-9H,1H3. The van der Waals surface area contributed by atoms with Crippen molar-refractivity contribution in [3.05, 3.63) is 64.3 Å². The summed E-state index contributed by atoms with van der Waals surface area (Å²) in [6.45, 7) is 0. The number of pyridine rings is 1. The molecule has 0 bridgehead atoms. The summed E-state index contributed by atoms with van der Waals surface area (Å²) < 4.78 is 4.77. The van der Waals surface area contributed by atoms with E-state index < -0.39 is 5.97 Å². The number of carbonyl (C=O) groups is 1. The lowest BCUT2D eigenvalue weighted by Gasteiger charge is -2.10. The van der Waals surface area contributed by atoms with E-state index >= 15 is 0 Å². The molecule has 0 fully saturated rings. The predicted octanol–water partition coefficient (Wildman–Crippen LogP) is 5.00. The van der Waals surface area contributed by atoms with Gasteiger partial charge in [-0.1, -0.05) is 23.2 Å². The summed E-state index contributed by atoms with van der Waals surface area (Å²) in [5.74, 6) is -0.395. The predicted molar refractivity (Wildman–Crippen MR) is 88.5 cm³/mol. The number of fused-ring (bicyclic) bond motifs is 1. The van der Waals surface area contributed by atoms with Gasteiger partial charge in [-0.2, -0.15) is 0 Å². The van der Waals surface area contributed by atoms with Crippen LogP contribution in [0, 0.1) is 0 Å². The topological polar surface area (TPSA) is 39.2 Å². The number of ether oxygens (including phenoxy) is 1. The first kappa shape index (κ1) is 14.8. The zero-order chi connectivity index (χ0) is 15.7. The summed E-state index contributed by atoms with van der Waals surface area (Å²) in [6, 6.07) is 12.3. The fraction of sp³-hybridized carbons (Fsp3) is 0.0588. The molecule has 3 rings (SSSR count). The van der Waals surface area contributed by atoms with E-state index in [1.54, 1.807) is 42.6 Å². The van der Waals surface area contributed by atoms with E-state index in [9.17, 15) is 4.79 Å². The van der Waals surface area contributed by atoms with E-state index in [1.165, 1.54) is 7.11 Å². The van der Waals surface area contributed by atoms with Crippen LogP contribution in [0.1, 0.15) is 10.4 Å². The van der Waals surface area contributed by atoms with Crippen LogP contribution in [0.2, 0.25) is 10.0 Å². The third kappa shape index (κ3) is 2.65. The minimum absolute atomic E-state index is 0.395. The molecule has 3 aromatic rings. The number of nitrogens with zero attached hydrogens (tertiary/aromatic N) is 1. The second-order valence-corrected chi connectivity index (χ2v) is 5.55. The highest BCUT2D eigenvalue weighted by Gasteiger charge is 2.12. The number of rotatable bonds is 2. The molecule has 22 heavy (non-hydrogen) atoms. The Balaban J connectivity index is 2.29. The second kappa shape index (κ2) is 5.95. The maximum Gasteiger partial charge on any atom is 0.337 e. The number of halogens is 2. The molecule has 0 aliphatic carbocycles. The van der Waals surface area contributed by atoms with Gasteiger partial charge in [0.2, 0.25) is 0 Å². The van der Waals surface area contributed by atoms with Crippen LogP contribution in [-0.4, -0.2) is 18.1 Å². The molecule has 0 radical (unpaired) electrons. The SMILES string of the molecule is COC(=O)c1ccc2nccc(-c3cc(Cl)ccc3Cl)c2c1. The monoisotopic (exact) mass is 331 g/mol. The van der Waals surface area contributed by atoms with Crippen LogP contribution in [0.3, 0.4) is 0 Å². The van der Waals surface area contributed by atoms with Gasteiger partial charge < -0.3 is 4.74 Å². The minimum atomic E-state index is -0.395. The Labute approximate surface area is 137 Å². The molecule has 1 heterocycles. The second-order valence-electron chi connectivity index (χ2n) is 4.71. The molecule has 0 unspecified atom stereocenters. The van der Waals surface area contributed by atoms with Crippen LogP contribution in [0.15, 0.2) is 48.7 Å². The van der Waals surface area contributed by atoms with Gasteiger partial charge in [0.15, 0.2) is 0 Å². The lowest BCUT2D eigenvalue weighted by molar-refractivity contribution is 0.0601. The molecular weight excluding hydrogens is 321 g/mol. The maximum absolute atomic E-state index is 11.7. The fourth-order valence-corrected chi connectivity index (χ4v) is 2.72. The van der Waals surface area contributed by atoms with E-state index in [0.717, 1.165) is 22.0 Å². The molecule has 0 aliphatic rings. The Hall–Kier alpha value is -2.10. The Morgan fingerprint density at radius 1 is 1.05 bits per heavy atom. The van der Waals surface area contributed by atoms with Crippen LogP contribution in [0.5, 0.6) is 0 Å². The van der Waals surface area contributed by atoms with Crippen molar-refractivity contribution < 1.29 is 9.53 Å². The van der Waals surface area contributed by atoms with Gasteiger partial charge in [-0.05, 0) is 48.0 Å². The van der Waals surface area contributed by atoms with Crippen molar-refractivity contribution in [2.75, 3.05) is 7.11 Å². The van der Waals surface area contributed by atoms with E-state index in [2.05, 4.69) is 4.98 Å². The molecule has 2 aromatic carbocycles. The van der Waals surface area contributed by atoms with Gasteiger partial charge in [0.25, 0.3) is 0 Å². The van der Waals surface area contributed by atoms with Crippen molar-refractivity contribution in [3.63, 3.8) is 0 Å². The molecular formula is C17H11Cl2NO2. The van der Waals surface area contributed by atoms with E-state index in [-0.39, 0.29) is 0 Å². The number of esters is 1. The Morgan fingerprint density at radius 2 is 1.86 bits per heavy atom. The molecule has 0 atom stereocenters. The summed E-state index contributed by atoms with van der Waals surface area (Å²) in [5, 5.41) is 1.99. The lowest BCUT2D eigenvalue weighted by Crippen LogP contribution is -2.01. The number of hydrogen-bond acceptors (Lipinski definition) is 3. The van der Waals surface area contributed by atoms with Gasteiger partial charge in [-0.3, -0.25) is 4.98 Å². The zero-order valence-corrected chi connectivity index (χ0v) is 13.2. The number of methoxy groups -OCH3 is 1. The third-order valence-electron chi connectivity index (χ3n) is 3.38. The molecule has 0 N–H and O–H groups in total. The molecule has 0 aliphatic heterocycles. The van der Waals surface area contributed by atoms with Crippen molar-refractivity contribution in [2.45, 2.75) is 0 Å². The molecule has 1 aromatic heterocycles. The normalized spacial score (nSPS) is 10.7. The number of aromatic nitrogens is 1. The first-order chi connectivity index (χ1) is 10.6. The van der Waals surface area contributed by atoms with Crippen LogP contribution in [-0.2, 0) is 4.74 Å². The van der Waals surface area contributed by atoms with E-state index in [4.69, 9.17) is 27.9 Å². The fourth-order valence-electron chi connectivity index (χ4n) is 2.33. The highest BCUT2D eigenvalue weighted by atomic mass is 35.5. The van der Waals surface area contributed by atoms with Crippen molar-refractivity contribution in [3.8, 4) is 11.1 Å². The zero-order valence-electron chi connectivity index (χ0n) is 11.6. The summed E-state index contributed by atoms with van der Waals surface area (Å²) in [4.78, 5) is 16.1. The Morgan fingerprint density at radius 3 is 2.64 bits per heavy atom. The third-order valence-corrected chi connectivity index (χ3v) is 3.95. The van der Waals surface area contributed by atoms with Crippen molar-refractivity contribution in [1.29, 1.82) is 0 Å². The van der Waals surface area contributed by atoms with Gasteiger partial charge in [0, 0.05) is 27.2 Å². The summed E-state index contributed by atoms with van der Waals surface area (Å²) in [5.41, 5.74) is 2.88. The number of hydrogen-bond donors (Lipinski definition) is 0. The first-order valence-electron chi connectivity index (χ1n) is 6.52. The van der Waals surface area contributed by atoms with Gasteiger partial charge >= 0.3 is 5.97 Å². The smallest absolute Gasteiger partial charge is 0.337 e. The quantitative estimate of drug-likeness (QED) is 0.620. The molecule has 0 spiro atoms. The Bertz CT molecular complexity index is 878. The molecule has 5 heteroatoms. The highest BCUT2D eigenvalue weighted by Crippen LogP contribution is 2.35. The van der Waals surface area contributed by atoms with Crippen molar-refractivity contribution >= 4 is 40.1 Å². The van der Waals surface area contributed by atoms with E-state index in [1.807, 2.05) is 6.07 Å². The van der Waals surface area contributed by atoms with Crippen LogP contribution in [0.4, 0.5) is 0 Å². The van der Waals surface area contributed by atoms with Crippen LogP contribution < -0.4 is 0 Å². The van der Waals surface area contributed by atoms with Crippen LogP contribution in [0.25, 0.3) is 22.0 Å². The molecule has 0 amide bonds. The number of benzene rings is 2. The number of carbonyl (C=O) groups excluding carboxylic acids is 1. The molecule has 3 nitrogen and oxygen atoms in total. The maximum atomic E-state index is 11.7. The summed E-state index contributed by atoms with van der Waals surface area (Å²) in [6.07, 6.45) is 1.70. The van der Waals surface area contributed by atoms with Gasteiger partial charge in [0.1, 0.15) is 0 Å². The van der Waals surface area contributed by atoms with Gasteiger partial charge in [-0.25, -0.2) is 4.79 Å². The Kier molecular flexibility index (Phi) is 4.01. The first-order valence-corrected chi connectivity index (χ1v) is 7.28. The highest BCUT2D eigenvalue weighted by molar-refractivity contribution is 6.35. The van der Waals surface area contributed by atoms with Crippen molar-refractivity contribution in [1.82, 2.24) is 4.98 Å². The van der Waals surface area contributed by atoms with Gasteiger partial charge in [0.05, 0.1) is 18.2 Å². The molecule has 110 valence electrons. The largest absolute Gasteiger partial charge is 0.465 e. The van der Waals surface area contributed by atoms with Crippen molar-refractivity contribution in [2.24, 2.45) is 0 Å².